The summed E-state index contributed by atoms with van der Waals surface area (Å²) < 4.78 is 5.06. The van der Waals surface area contributed by atoms with Crippen molar-refractivity contribution in [3.8, 4) is 5.75 Å². The van der Waals surface area contributed by atoms with Crippen LogP contribution in [0.15, 0.2) is 24.3 Å². The van der Waals surface area contributed by atoms with E-state index in [9.17, 15) is 9.59 Å². The van der Waals surface area contributed by atoms with Crippen molar-refractivity contribution in [2.45, 2.75) is 26.8 Å². The van der Waals surface area contributed by atoms with Crippen molar-refractivity contribution >= 4 is 11.8 Å². The number of hydrogen-bond donors (Lipinski definition) is 1. The van der Waals surface area contributed by atoms with Gasteiger partial charge in [-0.3, -0.25) is 9.59 Å². The van der Waals surface area contributed by atoms with Gasteiger partial charge in [-0.05, 0) is 45.0 Å². The van der Waals surface area contributed by atoms with E-state index in [2.05, 4.69) is 5.32 Å². The van der Waals surface area contributed by atoms with E-state index in [0.717, 1.165) is 0 Å². The monoisotopic (exact) mass is 278 g/mol. The SMILES string of the molecule is CCN(CC(=O)NC(C)C)C(=O)c1ccc(OC)cc1. The molecular weight excluding hydrogens is 256 g/mol. The fourth-order valence-electron chi connectivity index (χ4n) is 1.78. The zero-order chi connectivity index (χ0) is 15.1. The van der Waals surface area contributed by atoms with Crippen molar-refractivity contribution in [2.75, 3.05) is 20.2 Å². The number of hydrogen-bond acceptors (Lipinski definition) is 3. The Labute approximate surface area is 119 Å². The van der Waals surface area contributed by atoms with Crippen LogP contribution in [0.25, 0.3) is 0 Å². The number of methoxy groups -OCH3 is 1. The maximum Gasteiger partial charge on any atom is 0.254 e. The Morgan fingerprint density at radius 3 is 2.30 bits per heavy atom. The summed E-state index contributed by atoms with van der Waals surface area (Å²) in [5, 5.41) is 2.78. The number of ether oxygens (including phenoxy) is 1. The lowest BCUT2D eigenvalue weighted by Gasteiger charge is -2.21. The molecule has 1 aromatic rings. The number of amides is 2. The van der Waals surface area contributed by atoms with E-state index in [1.807, 2.05) is 20.8 Å². The Morgan fingerprint density at radius 1 is 1.25 bits per heavy atom. The third-order valence-electron chi connectivity index (χ3n) is 2.79. The van der Waals surface area contributed by atoms with Gasteiger partial charge in [0.25, 0.3) is 5.91 Å². The Morgan fingerprint density at radius 2 is 1.85 bits per heavy atom. The molecule has 0 aliphatic heterocycles. The van der Waals surface area contributed by atoms with Crippen LogP contribution in [-0.2, 0) is 4.79 Å². The van der Waals surface area contributed by atoms with Crippen molar-refractivity contribution in [3.63, 3.8) is 0 Å². The average Bonchev–Trinajstić information content (AvgIpc) is 2.43. The van der Waals surface area contributed by atoms with Crippen LogP contribution in [0.3, 0.4) is 0 Å². The van der Waals surface area contributed by atoms with Crippen molar-refractivity contribution in [2.24, 2.45) is 0 Å². The van der Waals surface area contributed by atoms with E-state index in [1.54, 1.807) is 31.4 Å². The number of nitrogens with zero attached hydrogens (tertiary/aromatic N) is 1. The molecule has 5 heteroatoms. The highest BCUT2D eigenvalue weighted by molar-refractivity contribution is 5.96. The zero-order valence-electron chi connectivity index (χ0n) is 12.5. The maximum absolute atomic E-state index is 12.3. The summed E-state index contributed by atoms with van der Waals surface area (Å²) in [5.74, 6) is 0.389. The predicted molar refractivity (Wildman–Crippen MR) is 77.9 cm³/mol. The number of carbonyl (C=O) groups is 2. The number of carbonyl (C=O) groups excluding carboxylic acids is 2. The van der Waals surface area contributed by atoms with Crippen LogP contribution in [0, 0.1) is 0 Å². The van der Waals surface area contributed by atoms with Crippen LogP contribution in [-0.4, -0.2) is 43.0 Å². The van der Waals surface area contributed by atoms with Crippen LogP contribution in [0.1, 0.15) is 31.1 Å². The first-order chi connectivity index (χ1) is 9.47. The zero-order valence-corrected chi connectivity index (χ0v) is 12.5. The first-order valence-corrected chi connectivity index (χ1v) is 6.70. The quantitative estimate of drug-likeness (QED) is 0.861. The van der Waals surface area contributed by atoms with Gasteiger partial charge in [-0.1, -0.05) is 0 Å². The van der Waals surface area contributed by atoms with Crippen LogP contribution in [0.2, 0.25) is 0 Å². The van der Waals surface area contributed by atoms with E-state index in [-0.39, 0.29) is 24.4 Å². The molecule has 1 rings (SSSR count). The summed E-state index contributed by atoms with van der Waals surface area (Å²) in [7, 11) is 1.57. The molecule has 1 N–H and O–H groups in total. The Hall–Kier alpha value is -2.04. The highest BCUT2D eigenvalue weighted by Gasteiger charge is 2.17. The maximum atomic E-state index is 12.3. The lowest BCUT2D eigenvalue weighted by Crippen LogP contribution is -2.42. The molecule has 0 atom stereocenters. The molecule has 0 saturated carbocycles. The fraction of sp³-hybridized carbons (Fsp3) is 0.467. The van der Waals surface area contributed by atoms with Gasteiger partial charge in [0, 0.05) is 18.2 Å². The largest absolute Gasteiger partial charge is 0.497 e. The van der Waals surface area contributed by atoms with Gasteiger partial charge in [0.2, 0.25) is 5.91 Å². The van der Waals surface area contributed by atoms with E-state index < -0.39 is 0 Å². The molecule has 0 bridgehead atoms. The van der Waals surface area contributed by atoms with Crippen molar-refractivity contribution < 1.29 is 14.3 Å². The van der Waals surface area contributed by atoms with Gasteiger partial charge >= 0.3 is 0 Å². The second-order valence-corrected chi connectivity index (χ2v) is 4.77. The highest BCUT2D eigenvalue weighted by Crippen LogP contribution is 2.13. The fourth-order valence-corrected chi connectivity index (χ4v) is 1.78. The first-order valence-electron chi connectivity index (χ1n) is 6.70. The van der Waals surface area contributed by atoms with Crippen LogP contribution in [0.4, 0.5) is 0 Å². The molecule has 5 nitrogen and oxygen atoms in total. The standard InChI is InChI=1S/C15H22N2O3/c1-5-17(10-14(18)16-11(2)3)15(19)12-6-8-13(20-4)9-7-12/h6-9,11H,5,10H2,1-4H3,(H,16,18). The molecule has 0 fully saturated rings. The third kappa shape index (κ3) is 4.57. The minimum atomic E-state index is -0.158. The first kappa shape index (κ1) is 16.0. The number of nitrogens with one attached hydrogen (secondary N) is 1. The molecule has 0 spiro atoms. The van der Waals surface area contributed by atoms with Gasteiger partial charge in [0.05, 0.1) is 13.7 Å². The molecule has 2 amide bonds. The highest BCUT2D eigenvalue weighted by atomic mass is 16.5. The summed E-state index contributed by atoms with van der Waals surface area (Å²) in [6, 6.07) is 6.93. The number of benzene rings is 1. The summed E-state index contributed by atoms with van der Waals surface area (Å²) in [5.41, 5.74) is 0.546. The molecule has 110 valence electrons. The summed E-state index contributed by atoms with van der Waals surface area (Å²) in [6.45, 7) is 6.18. The molecule has 20 heavy (non-hydrogen) atoms. The molecular formula is C15H22N2O3. The van der Waals surface area contributed by atoms with Gasteiger partial charge in [-0.25, -0.2) is 0 Å². The Bertz CT molecular complexity index is 455. The molecule has 0 aliphatic carbocycles. The van der Waals surface area contributed by atoms with E-state index in [0.29, 0.717) is 17.9 Å². The number of likely N-dealkylation sites (N-methyl/N-ethyl adjacent to an activating group) is 1. The summed E-state index contributed by atoms with van der Waals surface area (Å²) in [6.07, 6.45) is 0. The van der Waals surface area contributed by atoms with Gasteiger partial charge in [-0.2, -0.15) is 0 Å². The molecule has 0 radical (unpaired) electrons. The molecule has 0 saturated heterocycles. The second-order valence-electron chi connectivity index (χ2n) is 4.77. The van der Waals surface area contributed by atoms with Crippen LogP contribution >= 0.6 is 0 Å². The summed E-state index contributed by atoms with van der Waals surface area (Å²) in [4.78, 5) is 25.5. The van der Waals surface area contributed by atoms with Gasteiger partial charge in [0.15, 0.2) is 0 Å². The van der Waals surface area contributed by atoms with E-state index >= 15 is 0 Å². The lowest BCUT2D eigenvalue weighted by molar-refractivity contribution is -0.122. The molecule has 0 heterocycles. The second kappa shape index (κ2) is 7.53. The van der Waals surface area contributed by atoms with E-state index in [4.69, 9.17) is 4.74 Å². The predicted octanol–water partition coefficient (Wildman–Crippen LogP) is 1.68. The van der Waals surface area contributed by atoms with E-state index in [1.165, 1.54) is 4.90 Å². The minimum absolute atomic E-state index is 0.0669. The van der Waals surface area contributed by atoms with Gasteiger partial charge in [-0.15, -0.1) is 0 Å². The van der Waals surface area contributed by atoms with Crippen molar-refractivity contribution in [3.05, 3.63) is 29.8 Å². The third-order valence-corrected chi connectivity index (χ3v) is 2.79. The van der Waals surface area contributed by atoms with Gasteiger partial charge < -0.3 is 15.0 Å². The number of rotatable bonds is 6. The van der Waals surface area contributed by atoms with Crippen LogP contribution < -0.4 is 10.1 Å². The molecule has 1 aromatic carbocycles. The van der Waals surface area contributed by atoms with Crippen molar-refractivity contribution in [1.82, 2.24) is 10.2 Å². The Kier molecular flexibility index (Phi) is 6.03. The lowest BCUT2D eigenvalue weighted by atomic mass is 10.2. The minimum Gasteiger partial charge on any atom is -0.497 e. The smallest absolute Gasteiger partial charge is 0.254 e. The topological polar surface area (TPSA) is 58.6 Å². The summed E-state index contributed by atoms with van der Waals surface area (Å²) >= 11 is 0. The Balaban J connectivity index is 2.72. The van der Waals surface area contributed by atoms with Crippen molar-refractivity contribution in [1.29, 1.82) is 0 Å². The molecule has 0 aliphatic rings. The average molecular weight is 278 g/mol. The molecule has 0 unspecified atom stereocenters. The molecule has 0 aromatic heterocycles. The van der Waals surface area contributed by atoms with Gasteiger partial charge in [0.1, 0.15) is 5.75 Å². The normalized spacial score (nSPS) is 10.2. The van der Waals surface area contributed by atoms with Crippen LogP contribution in [0.5, 0.6) is 5.75 Å².